The molecule has 0 N–H and O–H groups in total. The summed E-state index contributed by atoms with van der Waals surface area (Å²) in [7, 11) is 0. The van der Waals surface area contributed by atoms with E-state index in [1.807, 2.05) is 54.6 Å². The zero-order valence-electron chi connectivity index (χ0n) is 36.8. The van der Waals surface area contributed by atoms with Gasteiger partial charge in [-0.1, -0.05) is 64.1 Å². The van der Waals surface area contributed by atoms with Crippen molar-refractivity contribution in [2.75, 3.05) is 9.80 Å². The van der Waals surface area contributed by atoms with Gasteiger partial charge in [0.2, 0.25) is 0 Å². The average molecular weight is 841 g/mol. The molecule has 0 atom stereocenters. The first-order chi connectivity index (χ1) is 31.6. The summed E-state index contributed by atoms with van der Waals surface area (Å²) in [5.41, 5.74) is 14.2. The Labute approximate surface area is 377 Å². The third-order valence-electron chi connectivity index (χ3n) is 12.9. The molecule has 2 heterocycles. The van der Waals surface area contributed by atoms with Crippen LogP contribution >= 0.6 is 0 Å². The Bertz CT molecular complexity index is 3750. The van der Waals surface area contributed by atoms with Crippen molar-refractivity contribution in [3.8, 4) is 12.1 Å². The molecule has 0 unspecified atom stereocenters. The van der Waals surface area contributed by atoms with E-state index in [-0.39, 0.29) is 0 Å². The molecule has 0 saturated carbocycles. The number of nitrogens with zero attached hydrogens (tertiary/aromatic N) is 4. The molecule has 0 aliphatic rings. The van der Waals surface area contributed by atoms with E-state index in [1.54, 1.807) is 0 Å². The first-order valence-corrected chi connectivity index (χ1v) is 22.1. The Kier molecular flexibility index (Phi) is 9.42. The van der Waals surface area contributed by atoms with Crippen LogP contribution in [-0.2, 0) is 0 Å². The molecule has 0 spiro atoms. The van der Waals surface area contributed by atoms with Gasteiger partial charge in [-0.2, -0.15) is 10.5 Å². The summed E-state index contributed by atoms with van der Waals surface area (Å²) < 4.78 is 13.3. The molecule has 0 amide bonds. The molecule has 0 fully saturated rings. The average Bonchev–Trinajstić information content (AvgIpc) is 3.87. The second-order valence-electron chi connectivity index (χ2n) is 17.7. The molecular formula is C59H44N4O2. The monoisotopic (exact) mass is 840 g/mol. The summed E-state index contributed by atoms with van der Waals surface area (Å²) in [4.78, 5) is 4.50. The molecule has 0 bridgehead atoms. The van der Waals surface area contributed by atoms with Crippen molar-refractivity contribution < 1.29 is 8.83 Å². The van der Waals surface area contributed by atoms with Crippen molar-refractivity contribution >= 4 is 99.5 Å². The predicted molar refractivity (Wildman–Crippen MR) is 268 cm³/mol. The Morgan fingerprint density at radius 1 is 0.400 bits per heavy atom. The number of rotatable bonds is 8. The normalized spacial score (nSPS) is 11.7. The smallest absolute Gasteiger partial charge is 0.136 e. The fourth-order valence-electron chi connectivity index (χ4n) is 9.42. The minimum Gasteiger partial charge on any atom is -0.456 e. The number of nitriles is 2. The van der Waals surface area contributed by atoms with Crippen LogP contribution in [0.2, 0.25) is 0 Å². The molecule has 11 aromatic rings. The third-order valence-corrected chi connectivity index (χ3v) is 12.9. The minimum absolute atomic E-state index is 0.423. The van der Waals surface area contributed by atoms with Gasteiger partial charge in [0.1, 0.15) is 22.3 Å². The SMILES string of the molecule is Cc1cc(C#N)ccc1N(c1ccc(C(C)C)cc1)c1ccc2cc3c(cc2c1)oc1ccc2oc4cc5cc(N(c6ccc(C#N)cc6)c6ccc(C(C)C)cc6)ccc5cc4c2c13. The quantitative estimate of drug-likeness (QED) is 0.152. The fourth-order valence-corrected chi connectivity index (χ4v) is 9.42. The number of benzene rings is 9. The molecule has 2 aromatic heterocycles. The molecule has 0 radical (unpaired) electrons. The number of hydrogen-bond donors (Lipinski definition) is 0. The van der Waals surface area contributed by atoms with Gasteiger partial charge >= 0.3 is 0 Å². The fraction of sp³-hybridized carbons (Fsp3) is 0.119. The van der Waals surface area contributed by atoms with Gasteiger partial charge in [0.25, 0.3) is 0 Å². The van der Waals surface area contributed by atoms with Crippen LogP contribution < -0.4 is 9.80 Å². The molecule has 6 heteroatoms. The molecule has 9 aromatic carbocycles. The van der Waals surface area contributed by atoms with Gasteiger partial charge in [0.05, 0.1) is 23.3 Å². The topological polar surface area (TPSA) is 80.3 Å². The molecule has 0 aliphatic heterocycles. The van der Waals surface area contributed by atoms with Gasteiger partial charge < -0.3 is 18.6 Å². The number of anilines is 6. The zero-order valence-corrected chi connectivity index (χ0v) is 36.8. The van der Waals surface area contributed by atoms with E-state index >= 15 is 0 Å². The van der Waals surface area contributed by atoms with Crippen molar-refractivity contribution in [3.05, 3.63) is 192 Å². The largest absolute Gasteiger partial charge is 0.456 e. The van der Waals surface area contributed by atoms with Crippen LogP contribution in [-0.4, -0.2) is 0 Å². The van der Waals surface area contributed by atoms with E-state index in [0.717, 1.165) is 105 Å². The highest BCUT2D eigenvalue weighted by atomic mass is 16.3. The van der Waals surface area contributed by atoms with E-state index < -0.39 is 0 Å². The van der Waals surface area contributed by atoms with Gasteiger partial charge in [-0.3, -0.25) is 0 Å². The lowest BCUT2D eigenvalue weighted by molar-refractivity contribution is 0.663. The van der Waals surface area contributed by atoms with E-state index in [9.17, 15) is 10.5 Å². The van der Waals surface area contributed by atoms with Crippen LogP contribution in [0.5, 0.6) is 0 Å². The summed E-state index contributed by atoms with van der Waals surface area (Å²) in [6, 6.07) is 61.6. The second kappa shape index (κ2) is 15.5. The molecular weight excluding hydrogens is 797 g/mol. The van der Waals surface area contributed by atoms with E-state index in [4.69, 9.17) is 8.83 Å². The highest BCUT2D eigenvalue weighted by molar-refractivity contribution is 6.28. The standard InChI is InChI=1S/C59H44N4O2/c1-35(2)40-9-17-47(18-10-40)62(46-15-6-38(33-60)7-16-46)49-21-13-42-29-51-56(31-44(42)27-49)64-54-24-25-55-59(58(51)54)52-30-43-14-22-50(28-45(43)32-57(52)65-55)63(48-19-11-41(12-20-48)36(3)4)53-23-8-39(34-61)26-37(53)5/h6-32,35-36H,1-5H3. The van der Waals surface area contributed by atoms with Gasteiger partial charge in [0.15, 0.2) is 0 Å². The van der Waals surface area contributed by atoms with Gasteiger partial charge in [0, 0.05) is 55.7 Å². The lowest BCUT2D eigenvalue weighted by Crippen LogP contribution is -2.11. The second-order valence-corrected chi connectivity index (χ2v) is 17.7. The lowest BCUT2D eigenvalue weighted by atomic mass is 10.00. The van der Waals surface area contributed by atoms with Crippen LogP contribution in [0.4, 0.5) is 34.1 Å². The van der Waals surface area contributed by atoms with E-state index in [2.05, 4.69) is 166 Å². The van der Waals surface area contributed by atoms with Crippen molar-refractivity contribution in [3.63, 3.8) is 0 Å². The maximum atomic E-state index is 9.64. The van der Waals surface area contributed by atoms with Crippen molar-refractivity contribution in [2.24, 2.45) is 0 Å². The minimum atomic E-state index is 0.423. The Morgan fingerprint density at radius 2 is 0.831 bits per heavy atom. The maximum Gasteiger partial charge on any atom is 0.136 e. The molecule has 0 saturated heterocycles. The van der Waals surface area contributed by atoms with E-state index in [1.165, 1.54) is 11.1 Å². The first kappa shape index (κ1) is 39.5. The summed E-state index contributed by atoms with van der Waals surface area (Å²) in [6.07, 6.45) is 0. The number of hydrogen-bond acceptors (Lipinski definition) is 6. The van der Waals surface area contributed by atoms with Gasteiger partial charge in [-0.05, 0) is 184 Å². The summed E-state index contributed by atoms with van der Waals surface area (Å²) in [5, 5.41) is 27.6. The molecule has 65 heavy (non-hydrogen) atoms. The predicted octanol–water partition coefficient (Wildman–Crippen LogP) is 17.0. The van der Waals surface area contributed by atoms with Crippen LogP contribution in [0.3, 0.4) is 0 Å². The van der Waals surface area contributed by atoms with Crippen LogP contribution in [0.25, 0.3) is 65.4 Å². The molecule has 6 nitrogen and oxygen atoms in total. The highest BCUT2D eigenvalue weighted by Gasteiger charge is 2.21. The van der Waals surface area contributed by atoms with E-state index in [0.29, 0.717) is 23.0 Å². The van der Waals surface area contributed by atoms with Gasteiger partial charge in [-0.15, -0.1) is 0 Å². The maximum absolute atomic E-state index is 9.64. The molecule has 312 valence electrons. The van der Waals surface area contributed by atoms with Crippen LogP contribution in [0.15, 0.2) is 173 Å². The summed E-state index contributed by atoms with van der Waals surface area (Å²) >= 11 is 0. The number of aryl methyl sites for hydroxylation is 1. The first-order valence-electron chi connectivity index (χ1n) is 22.1. The van der Waals surface area contributed by atoms with Gasteiger partial charge in [-0.25, -0.2) is 0 Å². The van der Waals surface area contributed by atoms with Crippen molar-refractivity contribution in [1.82, 2.24) is 0 Å². The zero-order chi connectivity index (χ0) is 44.5. The lowest BCUT2D eigenvalue weighted by Gasteiger charge is -2.28. The highest BCUT2D eigenvalue weighted by Crippen LogP contribution is 2.45. The molecule has 0 aliphatic carbocycles. The third kappa shape index (κ3) is 6.79. The van der Waals surface area contributed by atoms with Crippen LogP contribution in [0.1, 0.15) is 67.3 Å². The number of fused-ring (bicyclic) bond motifs is 9. The van der Waals surface area contributed by atoms with Crippen LogP contribution in [0, 0.1) is 29.6 Å². The van der Waals surface area contributed by atoms with Crippen molar-refractivity contribution in [1.29, 1.82) is 10.5 Å². The Balaban J connectivity index is 1.02. The number of furan rings is 2. The summed E-state index contributed by atoms with van der Waals surface area (Å²) in [6.45, 7) is 10.9. The molecule has 11 rings (SSSR count). The van der Waals surface area contributed by atoms with Crippen molar-refractivity contribution in [2.45, 2.75) is 46.5 Å². The Morgan fingerprint density at radius 3 is 1.29 bits per heavy atom. The summed E-state index contributed by atoms with van der Waals surface area (Å²) in [5.74, 6) is 0.849. The Hall–Kier alpha value is -8.32.